The minimum Gasteiger partial charge on any atom is -0.462 e. The van der Waals surface area contributed by atoms with Gasteiger partial charge in [-0.1, -0.05) is 220 Å². The first-order valence-electron chi connectivity index (χ1n) is 23.4. The van der Waals surface area contributed by atoms with Crippen molar-refractivity contribution in [2.24, 2.45) is 5.92 Å². The molecule has 1 atom stereocenters. The lowest BCUT2D eigenvalue weighted by Crippen LogP contribution is -2.30. The van der Waals surface area contributed by atoms with E-state index in [9.17, 15) is 14.4 Å². The fourth-order valence-electron chi connectivity index (χ4n) is 6.98. The number of carbonyl (C=O) groups excluding carboxylic acids is 3. The molecule has 0 spiro atoms. The first kappa shape index (κ1) is 51.4. The van der Waals surface area contributed by atoms with Crippen LogP contribution in [0, 0.1) is 5.92 Å². The molecule has 0 aliphatic heterocycles. The van der Waals surface area contributed by atoms with Gasteiger partial charge < -0.3 is 14.2 Å². The van der Waals surface area contributed by atoms with Crippen molar-refractivity contribution in [2.75, 3.05) is 13.2 Å². The van der Waals surface area contributed by atoms with Gasteiger partial charge in [0.25, 0.3) is 0 Å². The van der Waals surface area contributed by atoms with E-state index in [0.29, 0.717) is 19.3 Å². The minimum atomic E-state index is -0.759. The quantitative estimate of drug-likeness (QED) is 0.0351. The lowest BCUT2D eigenvalue weighted by molar-refractivity contribution is -0.167. The molecule has 0 rings (SSSR count). The summed E-state index contributed by atoms with van der Waals surface area (Å²) < 4.78 is 16.7. The average Bonchev–Trinajstić information content (AvgIpc) is 3.14. The Hall–Kier alpha value is -1.59. The Labute approximate surface area is 329 Å². The van der Waals surface area contributed by atoms with E-state index in [1.165, 1.54) is 154 Å². The van der Waals surface area contributed by atoms with E-state index in [1.54, 1.807) is 0 Å². The van der Waals surface area contributed by atoms with Crippen LogP contribution in [0.5, 0.6) is 0 Å². The first-order chi connectivity index (χ1) is 25.9. The fraction of sp³-hybridized carbons (Fsp3) is 0.936. The number of hydrogen-bond acceptors (Lipinski definition) is 6. The summed E-state index contributed by atoms with van der Waals surface area (Å²) in [6, 6.07) is 0. The van der Waals surface area contributed by atoms with Gasteiger partial charge in [0.15, 0.2) is 6.10 Å². The Morgan fingerprint density at radius 3 is 0.925 bits per heavy atom. The molecule has 0 aliphatic rings. The zero-order valence-electron chi connectivity index (χ0n) is 36.0. The van der Waals surface area contributed by atoms with Gasteiger partial charge in [-0.15, -0.1) is 0 Å². The van der Waals surface area contributed by atoms with Crippen LogP contribution in [0.15, 0.2) is 0 Å². The number of esters is 3. The van der Waals surface area contributed by atoms with Gasteiger partial charge in [-0.25, -0.2) is 0 Å². The second-order valence-corrected chi connectivity index (χ2v) is 16.5. The summed E-state index contributed by atoms with van der Waals surface area (Å²) in [7, 11) is 0. The van der Waals surface area contributed by atoms with Crippen LogP contribution in [0.25, 0.3) is 0 Å². The maximum atomic E-state index is 12.7. The van der Waals surface area contributed by atoms with Gasteiger partial charge in [0.2, 0.25) is 0 Å². The van der Waals surface area contributed by atoms with Crippen molar-refractivity contribution in [3.8, 4) is 0 Å². The maximum absolute atomic E-state index is 12.7. The Bertz CT molecular complexity index is 796. The van der Waals surface area contributed by atoms with E-state index < -0.39 is 6.10 Å². The van der Waals surface area contributed by atoms with Crippen LogP contribution in [-0.4, -0.2) is 37.2 Å². The van der Waals surface area contributed by atoms with Crippen molar-refractivity contribution in [1.82, 2.24) is 0 Å². The van der Waals surface area contributed by atoms with E-state index in [2.05, 4.69) is 27.7 Å². The molecular weight excluding hydrogens is 661 g/mol. The Morgan fingerprint density at radius 2 is 0.623 bits per heavy atom. The van der Waals surface area contributed by atoms with E-state index in [0.717, 1.165) is 63.7 Å². The second-order valence-electron chi connectivity index (χ2n) is 16.5. The molecule has 0 heterocycles. The van der Waals surface area contributed by atoms with Crippen LogP contribution < -0.4 is 0 Å². The highest BCUT2D eigenvalue weighted by molar-refractivity contribution is 5.71. The molecule has 314 valence electrons. The molecule has 0 radical (unpaired) electrons. The van der Waals surface area contributed by atoms with Crippen LogP contribution in [0.3, 0.4) is 0 Å². The van der Waals surface area contributed by atoms with Crippen molar-refractivity contribution >= 4 is 17.9 Å². The highest BCUT2D eigenvalue weighted by atomic mass is 16.6. The predicted octanol–water partition coefficient (Wildman–Crippen LogP) is 14.7. The molecule has 0 aromatic rings. The van der Waals surface area contributed by atoms with Gasteiger partial charge in [-0.3, -0.25) is 14.4 Å². The second kappa shape index (κ2) is 41.6. The Morgan fingerprint density at radius 1 is 0.358 bits per heavy atom. The SMILES string of the molecule is CCCCCCCCCCCCCCCCCCCC(=O)O[C@@H](COC(=O)CCCCCCCCCCC)COC(=O)CCCCCCCCC(C)C. The molecular formula is C47H90O6. The molecule has 0 N–H and O–H groups in total. The molecule has 0 fully saturated rings. The summed E-state index contributed by atoms with van der Waals surface area (Å²) >= 11 is 0. The summed E-state index contributed by atoms with van der Waals surface area (Å²) in [6.07, 6.45) is 41.0. The molecule has 0 saturated carbocycles. The van der Waals surface area contributed by atoms with Gasteiger partial charge in [-0.05, 0) is 25.2 Å². The first-order valence-corrected chi connectivity index (χ1v) is 23.4. The monoisotopic (exact) mass is 751 g/mol. The molecule has 0 unspecified atom stereocenters. The minimum absolute atomic E-state index is 0.0648. The molecule has 6 nitrogen and oxygen atoms in total. The largest absolute Gasteiger partial charge is 0.462 e. The standard InChI is InChI=1S/C47H90O6/c1-5-7-9-11-13-15-16-17-18-19-20-21-22-24-26-32-36-40-47(50)53-44(41-51-45(48)38-34-30-25-23-14-12-10-8-6-2)42-52-46(49)39-35-31-28-27-29-33-37-43(3)4/h43-44H,5-42H2,1-4H3/t44-/m0/s1. The third-order valence-electron chi connectivity index (χ3n) is 10.5. The highest BCUT2D eigenvalue weighted by Crippen LogP contribution is 2.16. The number of carbonyl (C=O) groups is 3. The number of ether oxygens (including phenoxy) is 3. The third-order valence-corrected chi connectivity index (χ3v) is 10.5. The van der Waals surface area contributed by atoms with Crippen molar-refractivity contribution in [1.29, 1.82) is 0 Å². The van der Waals surface area contributed by atoms with E-state index in [4.69, 9.17) is 14.2 Å². The number of rotatable bonds is 42. The molecule has 53 heavy (non-hydrogen) atoms. The summed E-state index contributed by atoms with van der Waals surface area (Å²) in [6.45, 7) is 8.92. The number of unbranched alkanes of at least 4 members (excludes halogenated alkanes) is 29. The van der Waals surface area contributed by atoms with Crippen molar-refractivity contribution in [3.05, 3.63) is 0 Å². The summed E-state index contributed by atoms with van der Waals surface area (Å²) in [5.74, 6) is -0.0962. The highest BCUT2D eigenvalue weighted by Gasteiger charge is 2.19. The summed E-state index contributed by atoms with van der Waals surface area (Å²) in [4.78, 5) is 37.6. The average molecular weight is 751 g/mol. The van der Waals surface area contributed by atoms with Crippen molar-refractivity contribution in [2.45, 2.75) is 265 Å². The van der Waals surface area contributed by atoms with E-state index in [1.807, 2.05) is 0 Å². The third kappa shape index (κ3) is 41.4. The van der Waals surface area contributed by atoms with Gasteiger partial charge in [0.1, 0.15) is 13.2 Å². The molecule has 0 aromatic carbocycles. The van der Waals surface area contributed by atoms with Crippen LogP contribution in [0.1, 0.15) is 259 Å². The Kier molecular flexibility index (Phi) is 40.3. The molecule has 0 saturated heterocycles. The van der Waals surface area contributed by atoms with E-state index >= 15 is 0 Å². The van der Waals surface area contributed by atoms with Gasteiger partial charge >= 0.3 is 17.9 Å². The van der Waals surface area contributed by atoms with Crippen molar-refractivity contribution < 1.29 is 28.6 Å². The van der Waals surface area contributed by atoms with Gasteiger partial charge in [0, 0.05) is 19.3 Å². The zero-order chi connectivity index (χ0) is 38.9. The molecule has 0 aliphatic carbocycles. The fourth-order valence-corrected chi connectivity index (χ4v) is 6.98. The lowest BCUT2D eigenvalue weighted by atomic mass is 10.0. The van der Waals surface area contributed by atoms with Crippen molar-refractivity contribution in [3.63, 3.8) is 0 Å². The summed E-state index contributed by atoms with van der Waals surface area (Å²) in [5, 5.41) is 0. The van der Waals surface area contributed by atoms with Crippen LogP contribution in [0.2, 0.25) is 0 Å². The molecule has 0 amide bonds. The van der Waals surface area contributed by atoms with Gasteiger partial charge in [-0.2, -0.15) is 0 Å². The summed E-state index contributed by atoms with van der Waals surface area (Å²) in [5.41, 5.74) is 0. The molecule has 0 aromatic heterocycles. The van der Waals surface area contributed by atoms with Crippen LogP contribution in [0.4, 0.5) is 0 Å². The molecule has 6 heteroatoms. The molecule has 0 bridgehead atoms. The van der Waals surface area contributed by atoms with E-state index in [-0.39, 0.29) is 31.1 Å². The van der Waals surface area contributed by atoms with Gasteiger partial charge in [0.05, 0.1) is 0 Å². The smallest absolute Gasteiger partial charge is 0.306 e. The van der Waals surface area contributed by atoms with Crippen LogP contribution in [-0.2, 0) is 28.6 Å². The predicted molar refractivity (Wildman–Crippen MR) is 224 cm³/mol. The number of hydrogen-bond donors (Lipinski definition) is 0. The topological polar surface area (TPSA) is 78.9 Å². The van der Waals surface area contributed by atoms with Crippen LogP contribution >= 0.6 is 0 Å². The zero-order valence-corrected chi connectivity index (χ0v) is 36.0. The lowest BCUT2D eigenvalue weighted by Gasteiger charge is -2.18. The Balaban J connectivity index is 4.25. The normalized spacial score (nSPS) is 11.9. The maximum Gasteiger partial charge on any atom is 0.306 e.